The van der Waals surface area contributed by atoms with Crippen LogP contribution in [-0.4, -0.2) is 37.2 Å². The maximum Gasteiger partial charge on any atom is 0.306 e. The summed E-state index contributed by atoms with van der Waals surface area (Å²) in [7, 11) is 0. The molecule has 0 saturated carbocycles. The van der Waals surface area contributed by atoms with E-state index in [1.165, 1.54) is 205 Å². The second-order valence-corrected chi connectivity index (χ2v) is 22.7. The van der Waals surface area contributed by atoms with E-state index in [4.69, 9.17) is 14.2 Å². The molecule has 6 nitrogen and oxygen atoms in total. The van der Waals surface area contributed by atoms with Gasteiger partial charge in [0.25, 0.3) is 0 Å². The van der Waals surface area contributed by atoms with Gasteiger partial charge >= 0.3 is 17.9 Å². The fourth-order valence-electron chi connectivity index (χ4n) is 9.76. The average molecular weight is 1100 g/mol. The van der Waals surface area contributed by atoms with Crippen LogP contribution in [0.3, 0.4) is 0 Å². The van der Waals surface area contributed by atoms with E-state index in [0.29, 0.717) is 19.3 Å². The van der Waals surface area contributed by atoms with Gasteiger partial charge in [-0.05, 0) is 116 Å². The number of hydrogen-bond acceptors (Lipinski definition) is 6. The van der Waals surface area contributed by atoms with Crippen LogP contribution in [0, 0.1) is 0 Å². The Morgan fingerprint density at radius 3 is 0.810 bits per heavy atom. The molecule has 0 aliphatic rings. The number of hydrogen-bond donors (Lipinski definition) is 0. The third kappa shape index (κ3) is 65.3. The molecule has 1 unspecified atom stereocenters. The van der Waals surface area contributed by atoms with Crippen LogP contribution in [0.4, 0.5) is 0 Å². The first kappa shape index (κ1) is 75.6. The van der Waals surface area contributed by atoms with Gasteiger partial charge in [0, 0.05) is 19.3 Å². The summed E-state index contributed by atoms with van der Waals surface area (Å²) in [4.78, 5) is 38.5. The zero-order chi connectivity index (χ0) is 57.1. The van der Waals surface area contributed by atoms with Crippen molar-refractivity contribution in [2.45, 2.75) is 348 Å². The predicted octanol–water partition coefficient (Wildman–Crippen LogP) is 23.4. The Morgan fingerprint density at radius 2 is 0.494 bits per heavy atom. The lowest BCUT2D eigenvalue weighted by Gasteiger charge is -2.18. The first-order chi connectivity index (χ1) is 39.0. The van der Waals surface area contributed by atoms with Gasteiger partial charge in [0.1, 0.15) is 13.2 Å². The number of carbonyl (C=O) groups excluding carboxylic acids is 3. The van der Waals surface area contributed by atoms with Gasteiger partial charge < -0.3 is 14.2 Å². The molecule has 0 fully saturated rings. The minimum Gasteiger partial charge on any atom is -0.462 e. The topological polar surface area (TPSA) is 78.9 Å². The normalized spacial score (nSPS) is 12.6. The monoisotopic (exact) mass is 1100 g/mol. The molecule has 0 radical (unpaired) electrons. The highest BCUT2D eigenvalue weighted by atomic mass is 16.6. The SMILES string of the molecule is CC/C=C\C/C=C\C/C=C\C/C=C\CCCCCCCCCCC(=O)OCC(COC(=O)CCCCCCCCCCC/C=C\C/C=C\CCCCC)OC(=O)CCCCCCCCCCC/C=C\CCCCCCCCCC. The molecule has 0 spiro atoms. The molecule has 0 aliphatic heterocycles. The minimum absolute atomic E-state index is 0.0805. The minimum atomic E-state index is -0.785. The predicted molar refractivity (Wildman–Crippen MR) is 344 cm³/mol. The van der Waals surface area contributed by atoms with Crippen LogP contribution in [0.15, 0.2) is 85.1 Å². The quantitative estimate of drug-likeness (QED) is 0.0261. The Balaban J connectivity index is 4.39. The van der Waals surface area contributed by atoms with Gasteiger partial charge in [-0.3, -0.25) is 14.4 Å². The van der Waals surface area contributed by atoms with E-state index < -0.39 is 6.10 Å². The largest absolute Gasteiger partial charge is 0.462 e. The molecule has 6 heteroatoms. The lowest BCUT2D eigenvalue weighted by Crippen LogP contribution is -2.30. The third-order valence-electron chi connectivity index (χ3n) is 14.9. The molecule has 0 amide bonds. The first-order valence-electron chi connectivity index (χ1n) is 34.1. The van der Waals surface area contributed by atoms with Crippen LogP contribution in [-0.2, 0) is 28.6 Å². The molecular weight excluding hydrogens is 973 g/mol. The van der Waals surface area contributed by atoms with Crippen molar-refractivity contribution in [1.29, 1.82) is 0 Å². The van der Waals surface area contributed by atoms with E-state index in [1.807, 2.05) is 0 Å². The van der Waals surface area contributed by atoms with Crippen molar-refractivity contribution < 1.29 is 28.6 Å². The lowest BCUT2D eigenvalue weighted by atomic mass is 10.1. The van der Waals surface area contributed by atoms with Gasteiger partial charge in [-0.15, -0.1) is 0 Å². The lowest BCUT2D eigenvalue weighted by molar-refractivity contribution is -0.167. The summed E-state index contributed by atoms with van der Waals surface area (Å²) in [5, 5.41) is 0. The second kappa shape index (κ2) is 67.1. The highest BCUT2D eigenvalue weighted by Crippen LogP contribution is 2.17. The molecule has 0 bridgehead atoms. The number of ether oxygens (including phenoxy) is 3. The molecule has 79 heavy (non-hydrogen) atoms. The van der Waals surface area contributed by atoms with Crippen LogP contribution in [0.2, 0.25) is 0 Å². The van der Waals surface area contributed by atoms with Gasteiger partial charge in [-0.25, -0.2) is 0 Å². The van der Waals surface area contributed by atoms with Gasteiger partial charge in [-0.2, -0.15) is 0 Å². The van der Waals surface area contributed by atoms with E-state index in [2.05, 4.69) is 106 Å². The van der Waals surface area contributed by atoms with Crippen molar-refractivity contribution in [2.24, 2.45) is 0 Å². The van der Waals surface area contributed by atoms with Crippen molar-refractivity contribution in [3.05, 3.63) is 85.1 Å². The molecule has 0 aliphatic carbocycles. The smallest absolute Gasteiger partial charge is 0.306 e. The Bertz CT molecular complexity index is 1500. The van der Waals surface area contributed by atoms with Gasteiger partial charge in [0.15, 0.2) is 6.10 Å². The maximum absolute atomic E-state index is 13.0. The molecule has 0 rings (SSSR count). The van der Waals surface area contributed by atoms with E-state index in [1.54, 1.807) is 0 Å². The molecular formula is C73H128O6. The maximum atomic E-state index is 13.0. The van der Waals surface area contributed by atoms with Gasteiger partial charge in [0.05, 0.1) is 0 Å². The van der Waals surface area contributed by atoms with E-state index >= 15 is 0 Å². The summed E-state index contributed by atoms with van der Waals surface area (Å²) in [6.07, 6.45) is 88.7. The number of rotatable bonds is 62. The fourth-order valence-corrected chi connectivity index (χ4v) is 9.76. The molecule has 0 aromatic carbocycles. The second-order valence-electron chi connectivity index (χ2n) is 22.7. The molecule has 0 aromatic rings. The summed E-state index contributed by atoms with van der Waals surface area (Å²) >= 11 is 0. The summed E-state index contributed by atoms with van der Waals surface area (Å²) < 4.78 is 17.0. The average Bonchev–Trinajstić information content (AvgIpc) is 3.45. The van der Waals surface area contributed by atoms with E-state index in [9.17, 15) is 14.4 Å². The Labute approximate surface area is 490 Å². The highest BCUT2D eigenvalue weighted by Gasteiger charge is 2.19. The van der Waals surface area contributed by atoms with Crippen molar-refractivity contribution in [1.82, 2.24) is 0 Å². The zero-order valence-corrected chi connectivity index (χ0v) is 52.4. The van der Waals surface area contributed by atoms with E-state index in [0.717, 1.165) is 96.3 Å². The summed E-state index contributed by atoms with van der Waals surface area (Å²) in [6, 6.07) is 0. The Hall–Kier alpha value is -3.41. The molecule has 0 N–H and O–H groups in total. The Kier molecular flexibility index (Phi) is 64.2. The van der Waals surface area contributed by atoms with Gasteiger partial charge in [0.2, 0.25) is 0 Å². The van der Waals surface area contributed by atoms with Crippen LogP contribution in [0.25, 0.3) is 0 Å². The zero-order valence-electron chi connectivity index (χ0n) is 52.4. The molecule has 0 saturated heterocycles. The summed E-state index contributed by atoms with van der Waals surface area (Å²) in [5.41, 5.74) is 0. The summed E-state index contributed by atoms with van der Waals surface area (Å²) in [6.45, 7) is 6.54. The third-order valence-corrected chi connectivity index (χ3v) is 14.9. The van der Waals surface area contributed by atoms with Crippen molar-refractivity contribution in [3.8, 4) is 0 Å². The molecule has 0 heterocycles. The molecule has 456 valence electrons. The van der Waals surface area contributed by atoms with Crippen molar-refractivity contribution >= 4 is 17.9 Å². The van der Waals surface area contributed by atoms with Gasteiger partial charge in [-0.1, -0.05) is 292 Å². The van der Waals surface area contributed by atoms with Crippen LogP contribution in [0.5, 0.6) is 0 Å². The fraction of sp³-hybridized carbons (Fsp3) is 0.767. The van der Waals surface area contributed by atoms with Crippen molar-refractivity contribution in [2.75, 3.05) is 13.2 Å². The summed E-state index contributed by atoms with van der Waals surface area (Å²) in [5.74, 6) is -0.878. The molecule has 0 aromatic heterocycles. The number of allylic oxidation sites excluding steroid dienone is 14. The first-order valence-corrected chi connectivity index (χ1v) is 34.1. The van der Waals surface area contributed by atoms with Crippen LogP contribution < -0.4 is 0 Å². The van der Waals surface area contributed by atoms with Crippen LogP contribution >= 0.6 is 0 Å². The Morgan fingerprint density at radius 1 is 0.266 bits per heavy atom. The van der Waals surface area contributed by atoms with E-state index in [-0.39, 0.29) is 31.1 Å². The highest BCUT2D eigenvalue weighted by molar-refractivity contribution is 5.71. The van der Waals surface area contributed by atoms with Crippen molar-refractivity contribution in [3.63, 3.8) is 0 Å². The number of unbranched alkanes of at least 4 members (excludes halogenated alkanes) is 37. The van der Waals surface area contributed by atoms with Crippen LogP contribution in [0.1, 0.15) is 342 Å². The standard InChI is InChI=1S/C73H128O6/c1-4-7-10-13-16-19-22-25-28-31-34-36-39-42-45-48-51-54-57-60-63-66-72(75)78-69-70(68-77-71(74)65-62-59-56-53-50-47-44-41-38-33-30-27-24-21-18-15-12-9-6-3)79-73(76)67-64-61-58-55-52-49-46-43-40-37-35-32-29-26-23-20-17-14-11-8-5-2/h7,10,16,18-19,21,25,27-28,30,32,34-36,70H,4-6,8-9,11-15,17,20,22-24,26,29,31,33,37-69H2,1-3H3/b10-7-,19-16-,21-18-,28-25-,30-27-,35-32-,36-34-. The number of esters is 3. The number of carbonyl (C=O) groups is 3. The molecule has 1 atom stereocenters.